The highest BCUT2D eigenvalue weighted by atomic mass is 79.9. The predicted octanol–water partition coefficient (Wildman–Crippen LogP) is 2.85. The zero-order valence-electron chi connectivity index (χ0n) is 8.72. The molecule has 13 heavy (non-hydrogen) atoms. The topological polar surface area (TPSA) is 18.5 Å². The number of rotatable bonds is 9. The lowest BCUT2D eigenvalue weighted by Gasteiger charge is -2.11. The van der Waals surface area contributed by atoms with E-state index in [0.717, 1.165) is 38.2 Å². The molecule has 2 nitrogen and oxygen atoms in total. The van der Waals surface area contributed by atoms with Gasteiger partial charge in [-0.1, -0.05) is 36.2 Å². The fourth-order valence-electron chi connectivity index (χ4n) is 0.886. The van der Waals surface area contributed by atoms with Crippen LogP contribution in [-0.2, 0) is 9.47 Å². The van der Waals surface area contributed by atoms with Crippen molar-refractivity contribution in [3.05, 3.63) is 0 Å². The summed E-state index contributed by atoms with van der Waals surface area (Å²) < 4.78 is 10.8. The van der Waals surface area contributed by atoms with E-state index in [9.17, 15) is 0 Å². The van der Waals surface area contributed by atoms with Crippen molar-refractivity contribution in [2.45, 2.75) is 26.7 Å². The van der Waals surface area contributed by atoms with E-state index in [4.69, 9.17) is 9.47 Å². The molecule has 80 valence electrons. The summed E-state index contributed by atoms with van der Waals surface area (Å²) in [5, 5.41) is 1.03. The van der Waals surface area contributed by atoms with Gasteiger partial charge in [0.2, 0.25) is 0 Å². The quantitative estimate of drug-likeness (QED) is 0.464. The zero-order chi connectivity index (χ0) is 9.94. The molecule has 0 radical (unpaired) electrons. The van der Waals surface area contributed by atoms with Gasteiger partial charge in [-0.15, -0.1) is 0 Å². The first-order valence-corrected chi connectivity index (χ1v) is 6.18. The van der Waals surface area contributed by atoms with E-state index in [1.165, 1.54) is 6.42 Å². The van der Waals surface area contributed by atoms with Crippen LogP contribution in [-0.4, -0.2) is 31.8 Å². The van der Waals surface area contributed by atoms with E-state index in [-0.39, 0.29) is 0 Å². The Labute approximate surface area is 90.1 Å². The summed E-state index contributed by atoms with van der Waals surface area (Å²) in [4.78, 5) is 0. The van der Waals surface area contributed by atoms with Gasteiger partial charge in [0, 0.05) is 11.9 Å². The summed E-state index contributed by atoms with van der Waals surface area (Å²) in [7, 11) is 0. The third-order valence-corrected chi connectivity index (χ3v) is 2.79. The second kappa shape index (κ2) is 10.5. The smallest absolute Gasteiger partial charge is 0.0700 e. The fourth-order valence-corrected chi connectivity index (χ4v) is 1.53. The van der Waals surface area contributed by atoms with Crippen LogP contribution in [0, 0.1) is 5.92 Å². The highest BCUT2D eigenvalue weighted by Crippen LogP contribution is 2.06. The number of ether oxygens (including phenoxy) is 2. The Bertz CT molecular complexity index is 94.9. The maximum Gasteiger partial charge on any atom is 0.0700 e. The summed E-state index contributed by atoms with van der Waals surface area (Å²) in [5.74, 6) is 0.645. The Kier molecular flexibility index (Phi) is 10.8. The van der Waals surface area contributed by atoms with Gasteiger partial charge in [-0.05, 0) is 12.3 Å². The van der Waals surface area contributed by atoms with Crippen LogP contribution >= 0.6 is 15.9 Å². The van der Waals surface area contributed by atoms with Gasteiger partial charge in [0.1, 0.15) is 0 Å². The molecular formula is C10H21BrO2. The average molecular weight is 253 g/mol. The minimum Gasteiger partial charge on any atom is -0.379 e. The van der Waals surface area contributed by atoms with Gasteiger partial charge in [-0.2, -0.15) is 0 Å². The van der Waals surface area contributed by atoms with Crippen molar-refractivity contribution >= 4 is 15.9 Å². The molecule has 0 N–H and O–H groups in total. The number of alkyl halides is 1. The molecule has 0 aromatic carbocycles. The Balaban J connectivity index is 3.05. The fraction of sp³-hybridized carbons (Fsp3) is 1.00. The third kappa shape index (κ3) is 8.72. The van der Waals surface area contributed by atoms with Crippen LogP contribution in [0.3, 0.4) is 0 Å². The van der Waals surface area contributed by atoms with Crippen molar-refractivity contribution < 1.29 is 9.47 Å². The maximum absolute atomic E-state index is 5.47. The molecule has 0 aromatic heterocycles. The summed E-state index contributed by atoms with van der Waals surface area (Å²) in [6, 6.07) is 0. The van der Waals surface area contributed by atoms with Crippen LogP contribution in [0.15, 0.2) is 0 Å². The molecule has 1 atom stereocenters. The van der Waals surface area contributed by atoms with Crippen LogP contribution < -0.4 is 0 Å². The molecule has 0 aliphatic heterocycles. The van der Waals surface area contributed by atoms with E-state index in [2.05, 4.69) is 29.8 Å². The molecule has 0 aliphatic carbocycles. The SMILES string of the molecule is CCCOCCOCC(CC)CBr. The summed E-state index contributed by atoms with van der Waals surface area (Å²) >= 11 is 3.46. The second-order valence-electron chi connectivity index (χ2n) is 3.12. The number of hydrogen-bond donors (Lipinski definition) is 0. The molecule has 0 bridgehead atoms. The van der Waals surface area contributed by atoms with Crippen molar-refractivity contribution in [3.63, 3.8) is 0 Å². The highest BCUT2D eigenvalue weighted by molar-refractivity contribution is 9.09. The summed E-state index contributed by atoms with van der Waals surface area (Å²) in [6.45, 7) is 7.44. The van der Waals surface area contributed by atoms with Gasteiger partial charge in [0.05, 0.1) is 19.8 Å². The molecule has 0 fully saturated rings. The number of hydrogen-bond acceptors (Lipinski definition) is 2. The van der Waals surface area contributed by atoms with Gasteiger partial charge in [0.15, 0.2) is 0 Å². The van der Waals surface area contributed by atoms with Gasteiger partial charge in [-0.3, -0.25) is 0 Å². The molecule has 0 aromatic rings. The van der Waals surface area contributed by atoms with Crippen molar-refractivity contribution in [1.82, 2.24) is 0 Å². The zero-order valence-corrected chi connectivity index (χ0v) is 10.3. The Morgan fingerprint density at radius 1 is 1.08 bits per heavy atom. The first kappa shape index (κ1) is 13.4. The van der Waals surface area contributed by atoms with E-state index in [1.807, 2.05) is 0 Å². The van der Waals surface area contributed by atoms with Gasteiger partial charge < -0.3 is 9.47 Å². The van der Waals surface area contributed by atoms with Crippen molar-refractivity contribution in [3.8, 4) is 0 Å². The van der Waals surface area contributed by atoms with Crippen LogP contribution in [0.25, 0.3) is 0 Å². The van der Waals surface area contributed by atoms with E-state index in [0.29, 0.717) is 5.92 Å². The first-order chi connectivity index (χ1) is 6.35. The molecule has 3 heteroatoms. The van der Waals surface area contributed by atoms with Crippen LogP contribution in [0.4, 0.5) is 0 Å². The van der Waals surface area contributed by atoms with Crippen LogP contribution in [0.5, 0.6) is 0 Å². The van der Waals surface area contributed by atoms with Crippen LogP contribution in [0.1, 0.15) is 26.7 Å². The molecule has 0 amide bonds. The molecule has 0 heterocycles. The molecule has 0 saturated heterocycles. The monoisotopic (exact) mass is 252 g/mol. The third-order valence-electron chi connectivity index (χ3n) is 1.87. The van der Waals surface area contributed by atoms with Crippen molar-refractivity contribution in [2.24, 2.45) is 5.92 Å². The second-order valence-corrected chi connectivity index (χ2v) is 3.76. The predicted molar refractivity (Wildman–Crippen MR) is 59.5 cm³/mol. The Morgan fingerprint density at radius 3 is 2.31 bits per heavy atom. The van der Waals surface area contributed by atoms with E-state index >= 15 is 0 Å². The molecule has 1 unspecified atom stereocenters. The standard InChI is InChI=1S/C10H21BrO2/c1-3-5-12-6-7-13-9-10(4-2)8-11/h10H,3-9H2,1-2H3. The van der Waals surface area contributed by atoms with Gasteiger partial charge in [0.25, 0.3) is 0 Å². The summed E-state index contributed by atoms with van der Waals surface area (Å²) in [5.41, 5.74) is 0. The lowest BCUT2D eigenvalue weighted by Crippen LogP contribution is -2.13. The molecule has 0 saturated carbocycles. The Morgan fingerprint density at radius 2 is 1.77 bits per heavy atom. The molecular weight excluding hydrogens is 232 g/mol. The average Bonchev–Trinajstić information content (AvgIpc) is 2.17. The van der Waals surface area contributed by atoms with E-state index < -0.39 is 0 Å². The van der Waals surface area contributed by atoms with Gasteiger partial charge in [-0.25, -0.2) is 0 Å². The molecule has 0 aliphatic rings. The minimum absolute atomic E-state index is 0.645. The molecule has 0 spiro atoms. The summed E-state index contributed by atoms with van der Waals surface area (Å²) in [6.07, 6.45) is 2.25. The maximum atomic E-state index is 5.47. The minimum atomic E-state index is 0.645. The van der Waals surface area contributed by atoms with Gasteiger partial charge >= 0.3 is 0 Å². The lowest BCUT2D eigenvalue weighted by molar-refractivity contribution is 0.0361. The largest absolute Gasteiger partial charge is 0.379 e. The van der Waals surface area contributed by atoms with Crippen molar-refractivity contribution in [2.75, 3.05) is 31.8 Å². The normalized spacial score (nSPS) is 13.2. The van der Waals surface area contributed by atoms with Crippen molar-refractivity contribution in [1.29, 1.82) is 0 Å². The van der Waals surface area contributed by atoms with E-state index in [1.54, 1.807) is 0 Å². The Hall–Kier alpha value is 0.400. The highest BCUT2D eigenvalue weighted by Gasteiger charge is 2.03. The van der Waals surface area contributed by atoms with Crippen LogP contribution in [0.2, 0.25) is 0 Å². The lowest BCUT2D eigenvalue weighted by atomic mass is 10.1. The first-order valence-electron chi connectivity index (χ1n) is 5.06. The molecule has 0 rings (SSSR count). The number of halogens is 1.